The smallest absolute Gasteiger partial charge is 0.341 e. The molecule has 1 aromatic rings. The second-order valence-electron chi connectivity index (χ2n) is 4.77. The van der Waals surface area contributed by atoms with E-state index in [4.69, 9.17) is 15.2 Å². The number of carbonyl (C=O) groups is 1. The number of esters is 1. The minimum atomic E-state index is -0.410. The van der Waals surface area contributed by atoms with Crippen LogP contribution in [0, 0.1) is 0 Å². The normalized spacial score (nSPS) is 16.2. The summed E-state index contributed by atoms with van der Waals surface area (Å²) in [5.41, 5.74) is 6.58. The molecule has 2 N–H and O–H groups in total. The van der Waals surface area contributed by atoms with Crippen molar-refractivity contribution in [3.8, 4) is 0 Å². The van der Waals surface area contributed by atoms with Crippen LogP contribution in [-0.4, -0.2) is 43.9 Å². The quantitative estimate of drug-likeness (QED) is 0.841. The third kappa shape index (κ3) is 3.19. The molecule has 1 aromatic heterocycles. The fraction of sp³-hybridized carbons (Fsp3) is 0.571. The Morgan fingerprint density at radius 1 is 1.50 bits per heavy atom. The lowest BCUT2D eigenvalue weighted by Gasteiger charge is -2.33. The highest BCUT2D eigenvalue weighted by atomic mass is 16.5. The van der Waals surface area contributed by atoms with Crippen molar-refractivity contribution in [2.75, 3.05) is 37.4 Å². The Morgan fingerprint density at radius 3 is 2.80 bits per heavy atom. The van der Waals surface area contributed by atoms with E-state index in [-0.39, 0.29) is 0 Å². The van der Waals surface area contributed by atoms with Gasteiger partial charge in [-0.1, -0.05) is 0 Å². The summed E-state index contributed by atoms with van der Waals surface area (Å²) in [4.78, 5) is 18.2. The van der Waals surface area contributed by atoms with E-state index in [1.165, 1.54) is 7.11 Å². The lowest BCUT2D eigenvalue weighted by atomic mass is 10.1. The van der Waals surface area contributed by atoms with E-state index < -0.39 is 5.97 Å². The SMILES string of the molecule is CCOC1CCN(c2ncc(N)cc2C(=O)OC)CC1. The molecule has 20 heavy (non-hydrogen) atoms. The molecule has 0 saturated carbocycles. The number of nitrogens with zero attached hydrogens (tertiary/aromatic N) is 2. The zero-order chi connectivity index (χ0) is 14.5. The number of hydrogen-bond acceptors (Lipinski definition) is 6. The van der Waals surface area contributed by atoms with Gasteiger partial charge in [-0.3, -0.25) is 0 Å². The molecule has 0 unspecified atom stereocenters. The second kappa shape index (κ2) is 6.56. The maximum absolute atomic E-state index is 11.8. The number of methoxy groups -OCH3 is 1. The van der Waals surface area contributed by atoms with Gasteiger partial charge in [0.05, 0.1) is 25.1 Å². The number of carbonyl (C=O) groups excluding carboxylic acids is 1. The van der Waals surface area contributed by atoms with Gasteiger partial charge in [-0.05, 0) is 25.8 Å². The van der Waals surface area contributed by atoms with E-state index in [9.17, 15) is 4.79 Å². The molecular weight excluding hydrogens is 258 g/mol. The summed E-state index contributed by atoms with van der Waals surface area (Å²) in [5.74, 6) is 0.229. The molecule has 0 radical (unpaired) electrons. The molecule has 0 amide bonds. The summed E-state index contributed by atoms with van der Waals surface area (Å²) in [7, 11) is 1.36. The predicted octanol–water partition coefficient (Wildman–Crippen LogP) is 1.46. The van der Waals surface area contributed by atoms with Gasteiger partial charge in [0.25, 0.3) is 0 Å². The summed E-state index contributed by atoms with van der Waals surface area (Å²) in [5, 5.41) is 0. The van der Waals surface area contributed by atoms with Crippen molar-refractivity contribution in [1.82, 2.24) is 4.98 Å². The Labute approximate surface area is 118 Å². The molecule has 0 atom stereocenters. The van der Waals surface area contributed by atoms with E-state index in [0.29, 0.717) is 23.2 Å². The highest BCUT2D eigenvalue weighted by Gasteiger charge is 2.24. The van der Waals surface area contributed by atoms with Crippen LogP contribution in [0.15, 0.2) is 12.3 Å². The Morgan fingerprint density at radius 2 is 2.20 bits per heavy atom. The molecule has 0 spiro atoms. The monoisotopic (exact) mass is 279 g/mol. The van der Waals surface area contributed by atoms with Gasteiger partial charge in [0.2, 0.25) is 0 Å². The number of hydrogen-bond donors (Lipinski definition) is 1. The molecule has 1 saturated heterocycles. The first-order chi connectivity index (χ1) is 9.65. The second-order valence-corrected chi connectivity index (χ2v) is 4.77. The van der Waals surface area contributed by atoms with Crippen LogP contribution in [0.5, 0.6) is 0 Å². The molecule has 2 rings (SSSR count). The number of pyridine rings is 1. The van der Waals surface area contributed by atoms with Crippen molar-refractivity contribution < 1.29 is 14.3 Å². The van der Waals surface area contributed by atoms with Gasteiger partial charge >= 0.3 is 5.97 Å². The Kier molecular flexibility index (Phi) is 4.79. The lowest BCUT2D eigenvalue weighted by Crippen LogP contribution is -2.38. The number of anilines is 2. The van der Waals surface area contributed by atoms with Crippen molar-refractivity contribution in [1.29, 1.82) is 0 Å². The van der Waals surface area contributed by atoms with Crippen LogP contribution in [0.4, 0.5) is 11.5 Å². The third-order valence-electron chi connectivity index (χ3n) is 3.44. The maximum Gasteiger partial charge on any atom is 0.341 e. The maximum atomic E-state index is 11.8. The standard InChI is InChI=1S/C14H21N3O3/c1-3-20-11-4-6-17(7-5-11)13-12(14(18)19-2)8-10(15)9-16-13/h8-9,11H,3-7,15H2,1-2H3. The van der Waals surface area contributed by atoms with Gasteiger partial charge in [0.1, 0.15) is 11.4 Å². The summed E-state index contributed by atoms with van der Waals surface area (Å²) in [6, 6.07) is 1.61. The molecule has 2 heterocycles. The van der Waals surface area contributed by atoms with Gasteiger partial charge in [0.15, 0.2) is 0 Å². The molecule has 0 bridgehead atoms. The number of rotatable bonds is 4. The van der Waals surface area contributed by atoms with Crippen molar-refractivity contribution in [3.63, 3.8) is 0 Å². The Hall–Kier alpha value is -1.82. The summed E-state index contributed by atoms with van der Waals surface area (Å²) in [6.45, 7) is 4.36. The largest absolute Gasteiger partial charge is 0.465 e. The number of aromatic nitrogens is 1. The molecule has 110 valence electrons. The number of piperidine rings is 1. The summed E-state index contributed by atoms with van der Waals surface area (Å²) in [6.07, 6.45) is 3.73. The molecule has 1 aliphatic heterocycles. The van der Waals surface area contributed by atoms with Crippen molar-refractivity contribution in [2.24, 2.45) is 0 Å². The highest BCUT2D eigenvalue weighted by Crippen LogP contribution is 2.25. The van der Waals surface area contributed by atoms with Crippen LogP contribution in [0.1, 0.15) is 30.1 Å². The predicted molar refractivity (Wildman–Crippen MR) is 76.8 cm³/mol. The Bertz CT molecular complexity index is 471. The molecular formula is C14H21N3O3. The van der Waals surface area contributed by atoms with Gasteiger partial charge < -0.3 is 20.1 Å². The average molecular weight is 279 g/mol. The van der Waals surface area contributed by atoms with Crippen LogP contribution in [0.3, 0.4) is 0 Å². The van der Waals surface area contributed by atoms with Crippen LogP contribution in [0.25, 0.3) is 0 Å². The van der Waals surface area contributed by atoms with Crippen LogP contribution < -0.4 is 10.6 Å². The highest BCUT2D eigenvalue weighted by molar-refractivity contribution is 5.95. The van der Waals surface area contributed by atoms with E-state index in [0.717, 1.165) is 32.5 Å². The van der Waals surface area contributed by atoms with E-state index in [1.54, 1.807) is 12.3 Å². The van der Waals surface area contributed by atoms with Gasteiger partial charge in [-0.2, -0.15) is 0 Å². The molecule has 0 aromatic carbocycles. The summed E-state index contributed by atoms with van der Waals surface area (Å²) >= 11 is 0. The number of nitrogen functional groups attached to an aromatic ring is 1. The van der Waals surface area contributed by atoms with E-state index in [2.05, 4.69) is 9.88 Å². The first-order valence-electron chi connectivity index (χ1n) is 6.86. The Balaban J connectivity index is 2.15. The molecule has 6 nitrogen and oxygen atoms in total. The van der Waals surface area contributed by atoms with Crippen molar-refractivity contribution in [2.45, 2.75) is 25.9 Å². The molecule has 6 heteroatoms. The van der Waals surface area contributed by atoms with Gasteiger partial charge in [0, 0.05) is 19.7 Å². The topological polar surface area (TPSA) is 77.7 Å². The molecule has 0 aliphatic carbocycles. The first-order valence-corrected chi connectivity index (χ1v) is 6.86. The zero-order valence-electron chi connectivity index (χ0n) is 12.0. The van der Waals surface area contributed by atoms with E-state index in [1.807, 2.05) is 6.92 Å². The fourth-order valence-corrected chi connectivity index (χ4v) is 2.46. The third-order valence-corrected chi connectivity index (χ3v) is 3.44. The molecule has 1 aliphatic rings. The van der Waals surface area contributed by atoms with Crippen LogP contribution in [0.2, 0.25) is 0 Å². The first kappa shape index (κ1) is 14.6. The summed E-state index contributed by atoms with van der Waals surface area (Å²) < 4.78 is 10.4. The van der Waals surface area contributed by atoms with Crippen LogP contribution in [-0.2, 0) is 9.47 Å². The van der Waals surface area contributed by atoms with Gasteiger partial charge in [-0.25, -0.2) is 9.78 Å². The minimum absolute atomic E-state index is 0.298. The average Bonchev–Trinajstić information content (AvgIpc) is 2.47. The lowest BCUT2D eigenvalue weighted by molar-refractivity contribution is 0.0457. The number of nitrogens with two attached hydrogens (primary N) is 1. The fourth-order valence-electron chi connectivity index (χ4n) is 2.46. The zero-order valence-corrected chi connectivity index (χ0v) is 12.0. The van der Waals surface area contributed by atoms with E-state index >= 15 is 0 Å². The number of ether oxygens (including phenoxy) is 2. The van der Waals surface area contributed by atoms with Gasteiger partial charge in [-0.15, -0.1) is 0 Å². The van der Waals surface area contributed by atoms with Crippen molar-refractivity contribution in [3.05, 3.63) is 17.8 Å². The van der Waals surface area contributed by atoms with Crippen molar-refractivity contribution >= 4 is 17.5 Å². The molecule has 1 fully saturated rings. The minimum Gasteiger partial charge on any atom is -0.465 e. The van der Waals surface area contributed by atoms with Crippen LogP contribution >= 0.6 is 0 Å².